The topological polar surface area (TPSA) is 68.3 Å². The van der Waals surface area contributed by atoms with Crippen molar-refractivity contribution in [3.8, 4) is 0 Å². The number of nitro benzene ring substituents is 1. The van der Waals surface area contributed by atoms with Crippen LogP contribution in [-0.2, 0) is 13.0 Å². The summed E-state index contributed by atoms with van der Waals surface area (Å²) in [5.41, 5.74) is 1.58. The molecule has 2 aromatic rings. The van der Waals surface area contributed by atoms with Gasteiger partial charge in [-0.3, -0.25) is 10.1 Å². The Hall–Kier alpha value is -1.82. The molecule has 0 saturated heterocycles. The summed E-state index contributed by atoms with van der Waals surface area (Å²) in [6.07, 6.45) is 2.23. The number of aryl methyl sites for hydroxylation is 1. The average Bonchev–Trinajstić information content (AvgIpc) is 2.81. The molecule has 0 spiro atoms. The first-order valence-electron chi connectivity index (χ1n) is 5.85. The van der Waals surface area contributed by atoms with E-state index in [1.165, 1.54) is 0 Å². The van der Waals surface area contributed by atoms with Crippen molar-refractivity contribution in [1.82, 2.24) is 0 Å². The van der Waals surface area contributed by atoms with Gasteiger partial charge in [0.15, 0.2) is 0 Å². The highest BCUT2D eigenvalue weighted by Crippen LogP contribution is 2.25. The van der Waals surface area contributed by atoms with Crippen LogP contribution < -0.4 is 5.32 Å². The van der Waals surface area contributed by atoms with E-state index in [4.69, 9.17) is 4.42 Å². The van der Waals surface area contributed by atoms with Crippen LogP contribution in [0.5, 0.6) is 0 Å². The predicted molar refractivity (Wildman–Crippen MR) is 76.2 cm³/mol. The van der Waals surface area contributed by atoms with E-state index in [9.17, 15) is 10.1 Å². The molecule has 0 aliphatic carbocycles. The summed E-state index contributed by atoms with van der Waals surface area (Å²) in [6, 6.07) is 6.97. The monoisotopic (exact) mass is 324 g/mol. The molecule has 0 fully saturated rings. The summed E-state index contributed by atoms with van der Waals surface area (Å²) in [7, 11) is 0. The maximum absolute atomic E-state index is 11.0. The largest absolute Gasteiger partial charge is 0.466 e. The average molecular weight is 325 g/mol. The molecular formula is C13H13BrN2O3. The normalized spacial score (nSPS) is 10.4. The Kier molecular flexibility index (Phi) is 4.21. The lowest BCUT2D eigenvalue weighted by Crippen LogP contribution is -2.01. The minimum absolute atomic E-state index is 0.144. The lowest BCUT2D eigenvalue weighted by atomic mass is 10.1. The van der Waals surface area contributed by atoms with E-state index in [0.29, 0.717) is 18.7 Å². The van der Waals surface area contributed by atoms with Gasteiger partial charge in [0.2, 0.25) is 0 Å². The van der Waals surface area contributed by atoms with Crippen LogP contribution >= 0.6 is 15.9 Å². The Labute approximate surface area is 118 Å². The third kappa shape index (κ3) is 3.14. The number of nitrogens with zero attached hydrogens (tertiary/aromatic N) is 1. The molecular weight excluding hydrogens is 312 g/mol. The molecule has 6 heteroatoms. The molecule has 19 heavy (non-hydrogen) atoms. The van der Waals surface area contributed by atoms with Gasteiger partial charge < -0.3 is 9.73 Å². The first-order chi connectivity index (χ1) is 9.11. The van der Waals surface area contributed by atoms with Crippen LogP contribution in [0.15, 0.2) is 39.4 Å². The molecule has 1 aromatic heterocycles. The van der Waals surface area contributed by atoms with Crippen LogP contribution in [0.25, 0.3) is 0 Å². The maximum atomic E-state index is 11.0. The highest BCUT2D eigenvalue weighted by atomic mass is 79.9. The first-order valence-corrected chi connectivity index (χ1v) is 6.64. The summed E-state index contributed by atoms with van der Waals surface area (Å²) >= 11 is 3.36. The van der Waals surface area contributed by atoms with Crippen LogP contribution in [0.4, 0.5) is 11.4 Å². The van der Waals surface area contributed by atoms with Gasteiger partial charge in [0.25, 0.3) is 5.69 Å². The minimum Gasteiger partial charge on any atom is -0.466 e. The van der Waals surface area contributed by atoms with E-state index >= 15 is 0 Å². The van der Waals surface area contributed by atoms with Gasteiger partial charge in [0.05, 0.1) is 22.2 Å². The number of rotatable bonds is 5. The van der Waals surface area contributed by atoms with Gasteiger partial charge in [-0.1, -0.05) is 13.0 Å². The zero-order valence-electron chi connectivity index (χ0n) is 10.4. The van der Waals surface area contributed by atoms with Crippen LogP contribution in [0, 0.1) is 10.1 Å². The zero-order chi connectivity index (χ0) is 13.8. The molecule has 0 bridgehead atoms. The number of nitro groups is 1. The Bertz CT molecular complexity index is 595. The molecule has 1 aromatic carbocycles. The number of hydrogen-bond acceptors (Lipinski definition) is 4. The summed E-state index contributed by atoms with van der Waals surface area (Å²) in [4.78, 5) is 10.6. The zero-order valence-corrected chi connectivity index (χ0v) is 11.9. The number of nitrogens with one attached hydrogen (secondary N) is 1. The SMILES string of the molecule is CCc1ccc(NCc2occc2Br)cc1[N+](=O)[O-]. The Balaban J connectivity index is 2.15. The fraction of sp³-hybridized carbons (Fsp3) is 0.231. The van der Waals surface area contributed by atoms with Crippen LogP contribution in [0.1, 0.15) is 18.2 Å². The molecule has 0 radical (unpaired) electrons. The molecule has 100 valence electrons. The number of furan rings is 1. The van der Waals surface area contributed by atoms with Crippen molar-refractivity contribution in [2.75, 3.05) is 5.32 Å². The number of anilines is 1. The van der Waals surface area contributed by atoms with Crippen molar-refractivity contribution in [3.05, 3.63) is 56.4 Å². The van der Waals surface area contributed by atoms with E-state index in [2.05, 4.69) is 21.2 Å². The molecule has 0 unspecified atom stereocenters. The van der Waals surface area contributed by atoms with Crippen molar-refractivity contribution in [2.24, 2.45) is 0 Å². The second-order valence-electron chi connectivity index (χ2n) is 4.00. The molecule has 2 rings (SSSR count). The minimum atomic E-state index is -0.354. The summed E-state index contributed by atoms with van der Waals surface area (Å²) in [6.45, 7) is 2.37. The lowest BCUT2D eigenvalue weighted by Gasteiger charge is -2.07. The Morgan fingerprint density at radius 1 is 1.42 bits per heavy atom. The number of halogens is 1. The van der Waals surface area contributed by atoms with Crippen molar-refractivity contribution >= 4 is 27.3 Å². The molecule has 0 atom stereocenters. The van der Waals surface area contributed by atoms with Gasteiger partial charge in [-0.25, -0.2) is 0 Å². The van der Waals surface area contributed by atoms with Gasteiger partial charge >= 0.3 is 0 Å². The molecule has 5 nitrogen and oxygen atoms in total. The summed E-state index contributed by atoms with van der Waals surface area (Å²) in [5, 5.41) is 14.1. The Morgan fingerprint density at radius 3 is 2.79 bits per heavy atom. The molecule has 1 N–H and O–H groups in total. The van der Waals surface area contributed by atoms with E-state index in [1.807, 2.05) is 13.0 Å². The smallest absolute Gasteiger partial charge is 0.274 e. The summed E-state index contributed by atoms with van der Waals surface area (Å²) in [5.74, 6) is 0.752. The van der Waals surface area contributed by atoms with E-state index in [1.54, 1.807) is 24.5 Å². The summed E-state index contributed by atoms with van der Waals surface area (Å²) < 4.78 is 6.14. The second-order valence-corrected chi connectivity index (χ2v) is 4.85. The van der Waals surface area contributed by atoms with E-state index in [-0.39, 0.29) is 10.6 Å². The second kappa shape index (κ2) is 5.88. The Morgan fingerprint density at radius 2 is 2.21 bits per heavy atom. The number of benzene rings is 1. The van der Waals surface area contributed by atoms with E-state index < -0.39 is 0 Å². The van der Waals surface area contributed by atoms with E-state index in [0.717, 1.165) is 15.8 Å². The number of hydrogen-bond donors (Lipinski definition) is 1. The molecule has 1 heterocycles. The van der Waals surface area contributed by atoms with Gasteiger partial charge in [-0.2, -0.15) is 0 Å². The lowest BCUT2D eigenvalue weighted by molar-refractivity contribution is -0.385. The highest BCUT2D eigenvalue weighted by molar-refractivity contribution is 9.10. The maximum Gasteiger partial charge on any atom is 0.274 e. The first kappa shape index (κ1) is 13.6. The highest BCUT2D eigenvalue weighted by Gasteiger charge is 2.13. The standard InChI is InChI=1S/C13H13BrN2O3/c1-2-9-3-4-10(7-12(9)16(17)18)15-8-13-11(14)5-6-19-13/h3-7,15H,2,8H2,1H3. The molecule has 0 amide bonds. The van der Waals surface area contributed by atoms with Crippen LogP contribution in [-0.4, -0.2) is 4.92 Å². The quantitative estimate of drug-likeness (QED) is 0.663. The third-order valence-corrected chi connectivity index (χ3v) is 3.51. The molecule has 0 aliphatic rings. The predicted octanol–water partition coefficient (Wildman–Crippen LogP) is 4.12. The van der Waals surface area contributed by atoms with Gasteiger partial charge in [0.1, 0.15) is 5.76 Å². The fourth-order valence-electron chi connectivity index (χ4n) is 1.78. The van der Waals surface area contributed by atoms with Crippen molar-refractivity contribution in [1.29, 1.82) is 0 Å². The van der Waals surface area contributed by atoms with Crippen molar-refractivity contribution in [3.63, 3.8) is 0 Å². The molecule has 0 aliphatic heterocycles. The van der Waals surface area contributed by atoms with Gasteiger partial charge in [-0.05, 0) is 34.5 Å². The van der Waals surface area contributed by atoms with Crippen LogP contribution in [0.3, 0.4) is 0 Å². The van der Waals surface area contributed by atoms with Crippen molar-refractivity contribution < 1.29 is 9.34 Å². The molecule has 0 saturated carbocycles. The van der Waals surface area contributed by atoms with Gasteiger partial charge in [0, 0.05) is 17.3 Å². The third-order valence-electron chi connectivity index (χ3n) is 2.81. The fourth-order valence-corrected chi connectivity index (χ4v) is 2.12. The van der Waals surface area contributed by atoms with Crippen molar-refractivity contribution in [2.45, 2.75) is 19.9 Å². The van der Waals surface area contributed by atoms with Gasteiger partial charge in [-0.15, -0.1) is 0 Å². The van der Waals surface area contributed by atoms with Crippen LogP contribution in [0.2, 0.25) is 0 Å².